The highest BCUT2D eigenvalue weighted by atomic mass is 15.4. The highest BCUT2D eigenvalue weighted by Gasteiger charge is 2.34. The Morgan fingerprint density at radius 2 is 1.77 bits per heavy atom. The van der Waals surface area contributed by atoms with Crippen molar-refractivity contribution in [3.05, 3.63) is 84.6 Å². The van der Waals surface area contributed by atoms with Crippen LogP contribution >= 0.6 is 0 Å². The Balaban J connectivity index is 1.59. The van der Waals surface area contributed by atoms with E-state index in [0.717, 1.165) is 29.4 Å². The molecule has 2 aromatic heterocycles. The van der Waals surface area contributed by atoms with Crippen molar-refractivity contribution in [2.45, 2.75) is 32.4 Å². The number of hydrogen-bond donors (Lipinski definition) is 1. The van der Waals surface area contributed by atoms with E-state index in [1.165, 1.54) is 5.56 Å². The molecule has 2 atom stereocenters. The fraction of sp³-hybridized carbons (Fsp3) is 0.217. The lowest BCUT2D eigenvalue weighted by atomic mass is 10.1. The second kappa shape index (κ2) is 7.59. The van der Waals surface area contributed by atoms with Crippen LogP contribution in [-0.2, 0) is 0 Å². The van der Waals surface area contributed by atoms with Crippen LogP contribution in [0.2, 0.25) is 0 Å². The Kier molecular flexibility index (Phi) is 4.63. The molecule has 4 aromatic rings. The lowest BCUT2D eigenvalue weighted by molar-refractivity contribution is 0.589. The van der Waals surface area contributed by atoms with Crippen LogP contribution in [0.3, 0.4) is 0 Å². The first kappa shape index (κ1) is 18.3. The molecule has 0 bridgehead atoms. The second-order valence-corrected chi connectivity index (χ2v) is 7.37. The minimum Gasteiger partial charge on any atom is -0.348 e. The quantitative estimate of drug-likeness (QED) is 0.520. The van der Waals surface area contributed by atoms with Gasteiger partial charge in [-0.1, -0.05) is 55.5 Å². The molecule has 0 aliphatic carbocycles. The van der Waals surface area contributed by atoms with Crippen LogP contribution in [0.1, 0.15) is 43.7 Å². The molecule has 5 rings (SSSR count). The van der Waals surface area contributed by atoms with E-state index in [1.807, 2.05) is 47.2 Å². The highest BCUT2D eigenvalue weighted by Crippen LogP contribution is 2.42. The molecule has 0 fully saturated rings. The Bertz CT molecular complexity index is 1140. The predicted molar refractivity (Wildman–Crippen MR) is 117 cm³/mol. The molecule has 0 amide bonds. The SMILES string of the molecule is CCC1c2nncn2-c2cnc(N[C@@H](C)c3ccccc3)nc2N1c1ccccc1. The molecule has 7 nitrogen and oxygen atoms in total. The van der Waals surface area contributed by atoms with Crippen molar-refractivity contribution in [1.82, 2.24) is 24.7 Å². The standard InChI is InChI=1S/C23H23N7/c1-3-19-22-28-25-15-29(22)20-14-24-23(26-16(2)17-10-6-4-7-11-17)27-21(20)30(19)18-12-8-5-9-13-18/h4-16,19H,3H2,1-2H3,(H,24,26,27)/t16-,19?/m0/s1. The van der Waals surface area contributed by atoms with Crippen LogP contribution in [0.15, 0.2) is 73.2 Å². The van der Waals surface area contributed by atoms with Crippen LogP contribution in [0.4, 0.5) is 17.5 Å². The van der Waals surface area contributed by atoms with E-state index in [2.05, 4.69) is 63.5 Å². The van der Waals surface area contributed by atoms with Crippen LogP contribution in [-0.4, -0.2) is 24.7 Å². The largest absolute Gasteiger partial charge is 0.348 e. The van der Waals surface area contributed by atoms with E-state index in [1.54, 1.807) is 6.33 Å². The topological polar surface area (TPSA) is 71.8 Å². The van der Waals surface area contributed by atoms with Gasteiger partial charge in [-0.3, -0.25) is 4.57 Å². The predicted octanol–water partition coefficient (Wildman–Crippen LogP) is 4.83. The Morgan fingerprint density at radius 3 is 2.50 bits per heavy atom. The van der Waals surface area contributed by atoms with Gasteiger partial charge in [0.2, 0.25) is 5.95 Å². The van der Waals surface area contributed by atoms with Gasteiger partial charge in [-0.2, -0.15) is 4.98 Å². The summed E-state index contributed by atoms with van der Waals surface area (Å²) >= 11 is 0. The third-order valence-corrected chi connectivity index (χ3v) is 5.49. The molecular formula is C23H23N7. The zero-order valence-corrected chi connectivity index (χ0v) is 17.0. The molecule has 1 unspecified atom stereocenters. The van der Waals surface area contributed by atoms with Gasteiger partial charge < -0.3 is 10.2 Å². The summed E-state index contributed by atoms with van der Waals surface area (Å²) in [5.41, 5.74) is 3.13. The van der Waals surface area contributed by atoms with Gasteiger partial charge in [0.1, 0.15) is 12.0 Å². The summed E-state index contributed by atoms with van der Waals surface area (Å²) < 4.78 is 1.99. The van der Waals surface area contributed by atoms with Crippen molar-refractivity contribution < 1.29 is 0 Å². The number of nitrogens with zero attached hydrogens (tertiary/aromatic N) is 6. The Morgan fingerprint density at radius 1 is 1.03 bits per heavy atom. The molecule has 150 valence electrons. The van der Waals surface area contributed by atoms with Crippen molar-refractivity contribution in [1.29, 1.82) is 0 Å². The van der Waals surface area contributed by atoms with Gasteiger partial charge in [-0.15, -0.1) is 10.2 Å². The summed E-state index contributed by atoms with van der Waals surface area (Å²) in [6, 6.07) is 20.7. The summed E-state index contributed by atoms with van der Waals surface area (Å²) in [6.07, 6.45) is 4.46. The average molecular weight is 397 g/mol. The number of nitrogens with one attached hydrogen (secondary N) is 1. The molecule has 0 radical (unpaired) electrons. The second-order valence-electron chi connectivity index (χ2n) is 7.37. The summed E-state index contributed by atoms with van der Waals surface area (Å²) in [5.74, 6) is 2.34. The molecule has 0 saturated heterocycles. The molecule has 1 N–H and O–H groups in total. The zero-order valence-electron chi connectivity index (χ0n) is 17.0. The van der Waals surface area contributed by atoms with E-state index >= 15 is 0 Å². The monoisotopic (exact) mass is 397 g/mol. The van der Waals surface area contributed by atoms with Crippen molar-refractivity contribution in [2.75, 3.05) is 10.2 Å². The van der Waals surface area contributed by atoms with Gasteiger partial charge in [-0.05, 0) is 31.0 Å². The van der Waals surface area contributed by atoms with Gasteiger partial charge in [0.15, 0.2) is 11.6 Å². The maximum absolute atomic E-state index is 4.94. The molecular weight excluding hydrogens is 374 g/mol. The van der Waals surface area contributed by atoms with E-state index in [-0.39, 0.29) is 12.1 Å². The molecule has 7 heteroatoms. The van der Waals surface area contributed by atoms with Gasteiger partial charge in [0.25, 0.3) is 0 Å². The maximum Gasteiger partial charge on any atom is 0.225 e. The van der Waals surface area contributed by atoms with Crippen LogP contribution in [0.25, 0.3) is 5.69 Å². The molecule has 3 heterocycles. The number of para-hydroxylation sites is 1. The lowest BCUT2D eigenvalue weighted by Gasteiger charge is -2.36. The molecule has 1 aliphatic rings. The fourth-order valence-corrected chi connectivity index (χ4v) is 3.98. The maximum atomic E-state index is 4.94. The summed E-state index contributed by atoms with van der Waals surface area (Å²) in [6.45, 7) is 4.27. The smallest absolute Gasteiger partial charge is 0.225 e. The van der Waals surface area contributed by atoms with Crippen molar-refractivity contribution in [3.63, 3.8) is 0 Å². The summed E-state index contributed by atoms with van der Waals surface area (Å²) in [4.78, 5) is 11.8. The fourth-order valence-electron chi connectivity index (χ4n) is 3.98. The number of aromatic nitrogens is 5. The normalized spacial score (nSPS) is 15.9. The minimum absolute atomic E-state index is 0.0386. The number of hydrogen-bond acceptors (Lipinski definition) is 6. The van der Waals surface area contributed by atoms with Gasteiger partial charge in [0, 0.05) is 5.69 Å². The van der Waals surface area contributed by atoms with E-state index in [0.29, 0.717) is 5.95 Å². The third-order valence-electron chi connectivity index (χ3n) is 5.49. The number of benzene rings is 2. The first-order valence-electron chi connectivity index (χ1n) is 10.2. The molecule has 2 aromatic carbocycles. The molecule has 30 heavy (non-hydrogen) atoms. The number of rotatable bonds is 5. The van der Waals surface area contributed by atoms with Crippen LogP contribution in [0.5, 0.6) is 0 Å². The first-order valence-corrected chi connectivity index (χ1v) is 10.2. The van der Waals surface area contributed by atoms with Gasteiger partial charge in [-0.25, -0.2) is 4.98 Å². The molecule has 1 aliphatic heterocycles. The van der Waals surface area contributed by atoms with Crippen LogP contribution in [0, 0.1) is 0 Å². The van der Waals surface area contributed by atoms with E-state index in [9.17, 15) is 0 Å². The molecule has 0 saturated carbocycles. The molecule has 0 spiro atoms. The van der Waals surface area contributed by atoms with Crippen molar-refractivity contribution in [3.8, 4) is 5.69 Å². The summed E-state index contributed by atoms with van der Waals surface area (Å²) in [5, 5.41) is 12.0. The van der Waals surface area contributed by atoms with E-state index < -0.39 is 0 Å². The first-order chi connectivity index (χ1) is 14.8. The minimum atomic E-state index is 0.0386. The summed E-state index contributed by atoms with van der Waals surface area (Å²) in [7, 11) is 0. The highest BCUT2D eigenvalue weighted by molar-refractivity contribution is 5.72. The van der Waals surface area contributed by atoms with E-state index in [4.69, 9.17) is 4.98 Å². The van der Waals surface area contributed by atoms with Crippen molar-refractivity contribution >= 4 is 17.5 Å². The van der Waals surface area contributed by atoms with Gasteiger partial charge in [0.05, 0.1) is 18.3 Å². The average Bonchev–Trinajstić information content (AvgIpc) is 3.29. The number of fused-ring (bicyclic) bond motifs is 3. The van der Waals surface area contributed by atoms with Crippen molar-refractivity contribution in [2.24, 2.45) is 0 Å². The Hall–Kier alpha value is -3.74. The third kappa shape index (κ3) is 3.08. The van der Waals surface area contributed by atoms with Gasteiger partial charge >= 0.3 is 0 Å². The zero-order chi connectivity index (χ0) is 20.5. The Labute approximate surface area is 175 Å². The van der Waals surface area contributed by atoms with Crippen LogP contribution < -0.4 is 10.2 Å². The number of anilines is 3. The lowest BCUT2D eigenvalue weighted by Crippen LogP contribution is -2.32.